The maximum Gasteiger partial charge on any atom is 0.134 e. The van der Waals surface area contributed by atoms with Gasteiger partial charge in [-0.1, -0.05) is 40.2 Å². The van der Waals surface area contributed by atoms with Crippen LogP contribution in [0.1, 0.15) is 17.7 Å². The van der Waals surface area contributed by atoms with Crippen LogP contribution in [-0.2, 0) is 17.6 Å². The largest absolute Gasteiger partial charge is 0.461 e. The number of carbonyl (C=O) groups excluding carboxylic acids is 1. The van der Waals surface area contributed by atoms with Crippen LogP contribution >= 0.6 is 15.9 Å². The van der Waals surface area contributed by atoms with Crippen LogP contribution in [0.15, 0.2) is 40.8 Å². The minimum absolute atomic E-state index is 0.424. The van der Waals surface area contributed by atoms with Crippen molar-refractivity contribution in [1.29, 1.82) is 0 Å². The Bertz CT molecular complexity index is 517. The number of halogens is 1. The van der Waals surface area contributed by atoms with Crippen LogP contribution in [0.5, 0.6) is 0 Å². The van der Waals surface area contributed by atoms with E-state index in [1.807, 2.05) is 36.4 Å². The fraction of sp³-hybridized carbons (Fsp3) is 0.267. The SMILES string of the molecule is O=CCc1ccccc1-c1ccc(CCCBr)o1. The molecule has 0 spiro atoms. The summed E-state index contributed by atoms with van der Waals surface area (Å²) in [5.41, 5.74) is 2.02. The summed E-state index contributed by atoms with van der Waals surface area (Å²) >= 11 is 3.41. The van der Waals surface area contributed by atoms with E-state index in [9.17, 15) is 4.79 Å². The van der Waals surface area contributed by atoms with Crippen LogP contribution in [0.2, 0.25) is 0 Å². The van der Waals surface area contributed by atoms with Crippen molar-refractivity contribution in [3.8, 4) is 11.3 Å². The minimum atomic E-state index is 0.424. The lowest BCUT2D eigenvalue weighted by atomic mass is 10.0. The van der Waals surface area contributed by atoms with Gasteiger partial charge in [0.1, 0.15) is 17.8 Å². The number of carbonyl (C=O) groups is 1. The molecule has 2 aromatic rings. The van der Waals surface area contributed by atoms with E-state index in [2.05, 4.69) is 15.9 Å². The summed E-state index contributed by atoms with van der Waals surface area (Å²) < 4.78 is 5.82. The number of alkyl halides is 1. The fourth-order valence-electron chi connectivity index (χ4n) is 1.93. The van der Waals surface area contributed by atoms with E-state index in [0.717, 1.165) is 47.1 Å². The number of aldehydes is 1. The molecule has 0 fully saturated rings. The minimum Gasteiger partial charge on any atom is -0.461 e. The Kier molecular flexibility index (Phi) is 4.76. The van der Waals surface area contributed by atoms with Crippen molar-refractivity contribution in [3.05, 3.63) is 47.7 Å². The lowest BCUT2D eigenvalue weighted by molar-refractivity contribution is -0.107. The lowest BCUT2D eigenvalue weighted by Gasteiger charge is -2.03. The molecule has 0 bridgehead atoms. The zero-order valence-corrected chi connectivity index (χ0v) is 11.7. The second-order valence-corrected chi connectivity index (χ2v) is 4.88. The molecule has 0 saturated heterocycles. The van der Waals surface area contributed by atoms with Gasteiger partial charge in [0.25, 0.3) is 0 Å². The van der Waals surface area contributed by atoms with E-state index in [-0.39, 0.29) is 0 Å². The number of hydrogen-bond donors (Lipinski definition) is 0. The Morgan fingerprint density at radius 2 is 2.00 bits per heavy atom. The molecule has 1 aromatic carbocycles. The molecule has 0 aliphatic heterocycles. The second-order valence-electron chi connectivity index (χ2n) is 4.09. The summed E-state index contributed by atoms with van der Waals surface area (Å²) in [7, 11) is 0. The molecule has 1 aromatic heterocycles. The highest BCUT2D eigenvalue weighted by molar-refractivity contribution is 9.09. The summed E-state index contributed by atoms with van der Waals surface area (Å²) in [6, 6.07) is 11.8. The van der Waals surface area contributed by atoms with E-state index >= 15 is 0 Å². The molecule has 0 aliphatic carbocycles. The van der Waals surface area contributed by atoms with Gasteiger partial charge in [0.05, 0.1) is 0 Å². The van der Waals surface area contributed by atoms with Gasteiger partial charge in [0, 0.05) is 23.7 Å². The molecule has 0 radical (unpaired) electrons. The van der Waals surface area contributed by atoms with Crippen LogP contribution in [0.3, 0.4) is 0 Å². The van der Waals surface area contributed by atoms with Crippen LogP contribution in [-0.4, -0.2) is 11.6 Å². The third-order valence-electron chi connectivity index (χ3n) is 2.80. The molecule has 0 N–H and O–H groups in total. The first-order valence-electron chi connectivity index (χ1n) is 6.01. The Labute approximate surface area is 115 Å². The quantitative estimate of drug-likeness (QED) is 0.596. The predicted octanol–water partition coefficient (Wildman–Crippen LogP) is 4.02. The van der Waals surface area contributed by atoms with Crippen molar-refractivity contribution in [2.45, 2.75) is 19.3 Å². The molecule has 94 valence electrons. The van der Waals surface area contributed by atoms with E-state index in [4.69, 9.17) is 4.42 Å². The van der Waals surface area contributed by atoms with Gasteiger partial charge in [-0.2, -0.15) is 0 Å². The molecule has 3 heteroatoms. The Hall–Kier alpha value is -1.35. The molecule has 0 unspecified atom stereocenters. The van der Waals surface area contributed by atoms with E-state index in [0.29, 0.717) is 6.42 Å². The Balaban J connectivity index is 2.25. The van der Waals surface area contributed by atoms with Gasteiger partial charge >= 0.3 is 0 Å². The molecular formula is C15H15BrO2. The van der Waals surface area contributed by atoms with Gasteiger partial charge in [-0.25, -0.2) is 0 Å². The summed E-state index contributed by atoms with van der Waals surface area (Å²) in [4.78, 5) is 10.7. The highest BCUT2D eigenvalue weighted by Gasteiger charge is 2.08. The van der Waals surface area contributed by atoms with Gasteiger partial charge in [0.15, 0.2) is 0 Å². The number of aryl methyl sites for hydroxylation is 1. The molecule has 18 heavy (non-hydrogen) atoms. The Morgan fingerprint density at radius 3 is 2.78 bits per heavy atom. The number of hydrogen-bond acceptors (Lipinski definition) is 2. The average molecular weight is 307 g/mol. The third kappa shape index (κ3) is 3.10. The topological polar surface area (TPSA) is 30.2 Å². The zero-order valence-electron chi connectivity index (χ0n) is 10.1. The number of rotatable bonds is 6. The molecule has 0 atom stereocenters. The van der Waals surface area contributed by atoms with Gasteiger partial charge in [-0.15, -0.1) is 0 Å². The maximum atomic E-state index is 10.7. The fourth-order valence-corrected chi connectivity index (χ4v) is 2.21. The highest BCUT2D eigenvalue weighted by Crippen LogP contribution is 2.26. The van der Waals surface area contributed by atoms with Crippen LogP contribution in [0.4, 0.5) is 0 Å². The van der Waals surface area contributed by atoms with Crippen LogP contribution < -0.4 is 0 Å². The van der Waals surface area contributed by atoms with Gasteiger partial charge in [-0.3, -0.25) is 0 Å². The Morgan fingerprint density at radius 1 is 1.17 bits per heavy atom. The molecule has 1 heterocycles. The van der Waals surface area contributed by atoms with Crippen molar-refractivity contribution in [2.75, 3.05) is 5.33 Å². The van der Waals surface area contributed by atoms with Crippen molar-refractivity contribution in [1.82, 2.24) is 0 Å². The molecular weight excluding hydrogens is 292 g/mol. The van der Waals surface area contributed by atoms with Crippen molar-refractivity contribution in [2.24, 2.45) is 0 Å². The van der Waals surface area contributed by atoms with Crippen molar-refractivity contribution in [3.63, 3.8) is 0 Å². The van der Waals surface area contributed by atoms with E-state index in [1.165, 1.54) is 0 Å². The number of furan rings is 1. The molecule has 2 nitrogen and oxygen atoms in total. The summed E-state index contributed by atoms with van der Waals surface area (Å²) in [6.07, 6.45) is 3.34. The maximum absolute atomic E-state index is 10.7. The molecule has 0 aliphatic rings. The lowest BCUT2D eigenvalue weighted by Crippen LogP contribution is -1.89. The summed E-state index contributed by atoms with van der Waals surface area (Å²) in [6.45, 7) is 0. The average Bonchev–Trinajstić information content (AvgIpc) is 2.86. The first kappa shape index (κ1) is 13.1. The normalized spacial score (nSPS) is 10.5. The highest BCUT2D eigenvalue weighted by atomic mass is 79.9. The van der Waals surface area contributed by atoms with E-state index in [1.54, 1.807) is 0 Å². The molecule has 2 rings (SSSR count). The molecule has 0 amide bonds. The number of benzene rings is 1. The third-order valence-corrected chi connectivity index (χ3v) is 3.37. The zero-order chi connectivity index (χ0) is 12.8. The smallest absolute Gasteiger partial charge is 0.134 e. The monoisotopic (exact) mass is 306 g/mol. The van der Waals surface area contributed by atoms with Crippen molar-refractivity contribution >= 4 is 22.2 Å². The molecule has 0 saturated carbocycles. The van der Waals surface area contributed by atoms with Crippen LogP contribution in [0, 0.1) is 0 Å². The first-order valence-corrected chi connectivity index (χ1v) is 7.14. The van der Waals surface area contributed by atoms with E-state index < -0.39 is 0 Å². The van der Waals surface area contributed by atoms with Crippen LogP contribution in [0.25, 0.3) is 11.3 Å². The van der Waals surface area contributed by atoms with Gasteiger partial charge in [-0.05, 0) is 24.1 Å². The summed E-state index contributed by atoms with van der Waals surface area (Å²) in [5.74, 6) is 1.84. The second kappa shape index (κ2) is 6.55. The van der Waals surface area contributed by atoms with Gasteiger partial charge < -0.3 is 9.21 Å². The summed E-state index contributed by atoms with van der Waals surface area (Å²) in [5, 5.41) is 0.977. The standard InChI is InChI=1S/C15H15BrO2/c16-10-3-5-13-7-8-15(18-13)14-6-2-1-4-12(14)9-11-17/h1-2,4,6-8,11H,3,5,9-10H2. The predicted molar refractivity (Wildman–Crippen MR) is 76.0 cm³/mol. The first-order chi connectivity index (χ1) is 8.85. The van der Waals surface area contributed by atoms with Crippen molar-refractivity contribution < 1.29 is 9.21 Å². The van der Waals surface area contributed by atoms with Gasteiger partial charge in [0.2, 0.25) is 0 Å².